The second kappa shape index (κ2) is 12.2. The number of hydrogen-bond acceptors (Lipinski definition) is 7. The van der Waals surface area contributed by atoms with Crippen LogP contribution >= 0.6 is 21.5 Å². The molecule has 1 saturated carbocycles. The van der Waals surface area contributed by atoms with E-state index in [0.29, 0.717) is 39.1 Å². The Bertz CT molecular complexity index is 1310. The van der Waals surface area contributed by atoms with E-state index in [-0.39, 0.29) is 28.0 Å². The molecular formula is C27H32ClN6O3P. The highest BCUT2D eigenvalue weighted by Gasteiger charge is 2.37. The van der Waals surface area contributed by atoms with Gasteiger partial charge in [0.25, 0.3) is 11.6 Å². The summed E-state index contributed by atoms with van der Waals surface area (Å²) in [6.07, 6.45) is 7.81. The first-order chi connectivity index (χ1) is 17.9. The summed E-state index contributed by atoms with van der Waals surface area (Å²) in [4.78, 5) is 39.6. The Morgan fingerprint density at radius 1 is 1.00 bits per heavy atom. The lowest BCUT2D eigenvalue weighted by atomic mass is 9.99. The predicted octanol–water partition coefficient (Wildman–Crippen LogP) is 4.55. The van der Waals surface area contributed by atoms with Crippen LogP contribution in [0.4, 0.5) is 11.4 Å². The van der Waals surface area contributed by atoms with Crippen LogP contribution in [0.25, 0.3) is 0 Å². The van der Waals surface area contributed by atoms with Crippen molar-refractivity contribution < 1.29 is 9.72 Å². The number of amidine groups is 1. The van der Waals surface area contributed by atoms with E-state index in [9.17, 15) is 14.9 Å². The quantitative estimate of drug-likeness (QED) is 0.240. The summed E-state index contributed by atoms with van der Waals surface area (Å²) in [6.45, 7) is 3.60. The molecule has 3 heterocycles. The number of carbonyl (C=O) groups excluding carboxylic acids is 1. The van der Waals surface area contributed by atoms with E-state index in [1.165, 1.54) is 42.7 Å². The van der Waals surface area contributed by atoms with Crippen molar-refractivity contribution >= 4 is 50.3 Å². The largest absolute Gasteiger partial charge is 0.373 e. The van der Waals surface area contributed by atoms with Crippen molar-refractivity contribution in [3.63, 3.8) is 0 Å². The number of benzene rings is 2. The molecule has 0 spiro atoms. The maximum atomic E-state index is 13.4. The molecule has 0 bridgehead atoms. The lowest BCUT2D eigenvalue weighted by molar-refractivity contribution is -0.384. The number of nitro groups is 1. The number of aliphatic imine (C=N–C) groups is 2. The minimum Gasteiger partial charge on any atom is -0.373 e. The summed E-state index contributed by atoms with van der Waals surface area (Å²) in [5.74, 6) is 0.215. The fraction of sp³-hybridized carbons (Fsp3) is 0.370. The van der Waals surface area contributed by atoms with Gasteiger partial charge in [0.15, 0.2) is 0 Å². The average molecular weight is 555 g/mol. The van der Waals surface area contributed by atoms with Gasteiger partial charge in [-0.25, -0.2) is 4.99 Å². The molecule has 9 nitrogen and oxygen atoms in total. The predicted molar refractivity (Wildman–Crippen MR) is 157 cm³/mol. The number of fused-ring (bicyclic) bond motifs is 3. The number of likely N-dealkylation sites (N-methyl/N-ethyl adjacent to an activating group) is 1. The van der Waals surface area contributed by atoms with E-state index < -0.39 is 4.92 Å². The van der Waals surface area contributed by atoms with Gasteiger partial charge in [-0.15, -0.1) is 0 Å². The van der Waals surface area contributed by atoms with Gasteiger partial charge in [0.2, 0.25) is 0 Å². The summed E-state index contributed by atoms with van der Waals surface area (Å²) >= 11 is 6.43. The molecule has 1 atom stereocenters. The SMILES string of the molecule is C1CCC1.CN1CCN(/C=C2\N=C3CN=C(c4ccccc4Cl)c4cc([N+](=O)[O-])ccc4N3C2=O)CC1.P. The van der Waals surface area contributed by atoms with E-state index in [2.05, 4.69) is 21.8 Å². The molecule has 1 aliphatic carbocycles. The highest BCUT2D eigenvalue weighted by Crippen LogP contribution is 2.35. The third-order valence-corrected chi connectivity index (χ3v) is 7.30. The van der Waals surface area contributed by atoms with Gasteiger partial charge in [-0.05, 0) is 19.2 Å². The van der Waals surface area contributed by atoms with E-state index in [1.54, 1.807) is 24.4 Å². The van der Waals surface area contributed by atoms with Gasteiger partial charge in [-0.3, -0.25) is 24.8 Å². The van der Waals surface area contributed by atoms with Crippen molar-refractivity contribution in [1.82, 2.24) is 9.80 Å². The van der Waals surface area contributed by atoms with Crippen LogP contribution in [-0.4, -0.2) is 71.9 Å². The molecule has 2 aromatic rings. The monoisotopic (exact) mass is 554 g/mol. The van der Waals surface area contributed by atoms with Gasteiger partial charge < -0.3 is 9.80 Å². The zero-order valence-electron chi connectivity index (χ0n) is 21.5. The van der Waals surface area contributed by atoms with Crippen LogP contribution < -0.4 is 4.90 Å². The van der Waals surface area contributed by atoms with Gasteiger partial charge in [0.05, 0.1) is 22.9 Å². The first-order valence-corrected chi connectivity index (χ1v) is 12.9. The van der Waals surface area contributed by atoms with Crippen molar-refractivity contribution in [2.75, 3.05) is 44.7 Å². The molecule has 0 N–H and O–H groups in total. The highest BCUT2D eigenvalue weighted by molar-refractivity contribution is 6.92. The zero-order chi connectivity index (χ0) is 25.9. The number of rotatable bonds is 3. The number of amides is 1. The minimum absolute atomic E-state index is 0. The van der Waals surface area contributed by atoms with Gasteiger partial charge in [-0.1, -0.05) is 55.5 Å². The second-order valence-corrected chi connectivity index (χ2v) is 9.95. The molecule has 200 valence electrons. The van der Waals surface area contributed by atoms with Crippen LogP contribution in [0.3, 0.4) is 0 Å². The lowest BCUT2D eigenvalue weighted by Gasteiger charge is -2.31. The topological polar surface area (TPSA) is 94.7 Å². The third-order valence-electron chi connectivity index (χ3n) is 6.97. The van der Waals surface area contributed by atoms with Crippen molar-refractivity contribution in [1.29, 1.82) is 0 Å². The molecule has 6 rings (SSSR count). The normalized spacial score (nSPS) is 19.6. The van der Waals surface area contributed by atoms with E-state index >= 15 is 0 Å². The Morgan fingerprint density at radius 2 is 1.68 bits per heavy atom. The molecule has 1 amide bonds. The molecule has 4 aliphatic rings. The maximum absolute atomic E-state index is 13.4. The lowest BCUT2D eigenvalue weighted by Crippen LogP contribution is -2.42. The number of piperazine rings is 1. The molecule has 38 heavy (non-hydrogen) atoms. The molecule has 11 heteroatoms. The Balaban J connectivity index is 0.000000616. The van der Waals surface area contributed by atoms with Gasteiger partial charge in [0.1, 0.15) is 11.5 Å². The van der Waals surface area contributed by atoms with E-state index in [1.807, 2.05) is 12.1 Å². The van der Waals surface area contributed by atoms with E-state index in [0.717, 1.165) is 26.2 Å². The number of halogens is 1. The molecule has 2 fully saturated rings. The van der Waals surface area contributed by atoms with Crippen LogP contribution in [0.15, 0.2) is 64.3 Å². The number of nitrogens with zero attached hydrogens (tertiary/aromatic N) is 6. The highest BCUT2D eigenvalue weighted by atomic mass is 35.5. The number of hydrogen-bond donors (Lipinski definition) is 0. The Morgan fingerprint density at radius 3 is 2.32 bits per heavy atom. The summed E-state index contributed by atoms with van der Waals surface area (Å²) in [7, 11) is 2.07. The summed E-state index contributed by atoms with van der Waals surface area (Å²) in [5, 5.41) is 12.0. The molecule has 3 aliphatic heterocycles. The zero-order valence-corrected chi connectivity index (χ0v) is 23.6. The number of anilines is 1. The van der Waals surface area contributed by atoms with Gasteiger partial charge in [-0.2, -0.15) is 9.90 Å². The standard InChI is InChI=1S/C23H21ClN6O3.C4H8.H3P/c1-27-8-10-28(11-9-27)14-19-23(31)29-20-7-6-15(30(32)33)12-17(20)22(25-13-21(29)26-19)16-4-2-3-5-18(16)24;1-2-4-3-1;/h2-7,12,14H,8-11,13H2,1H3;1-4H2;1H3/b19-14-;;. The van der Waals surface area contributed by atoms with Crippen LogP contribution in [0.5, 0.6) is 0 Å². The van der Waals surface area contributed by atoms with Crippen molar-refractivity contribution in [2.45, 2.75) is 25.7 Å². The van der Waals surface area contributed by atoms with Crippen LogP contribution in [0, 0.1) is 10.1 Å². The average Bonchev–Trinajstić information content (AvgIpc) is 3.05. The summed E-state index contributed by atoms with van der Waals surface area (Å²) < 4.78 is 0. The first-order valence-electron chi connectivity index (χ1n) is 12.6. The molecular weight excluding hydrogens is 523 g/mol. The smallest absolute Gasteiger partial charge is 0.284 e. The van der Waals surface area contributed by atoms with Crippen LogP contribution in [0.2, 0.25) is 5.02 Å². The molecule has 0 radical (unpaired) electrons. The Labute approximate surface area is 230 Å². The fourth-order valence-electron chi connectivity index (χ4n) is 4.42. The number of non-ortho nitro benzene ring substituents is 1. The molecule has 1 unspecified atom stereocenters. The molecule has 0 aromatic heterocycles. The number of carbonyl (C=O) groups is 1. The van der Waals surface area contributed by atoms with Crippen LogP contribution in [-0.2, 0) is 4.79 Å². The first kappa shape index (κ1) is 27.9. The fourth-order valence-corrected chi connectivity index (χ4v) is 4.65. The molecule has 2 aromatic carbocycles. The summed E-state index contributed by atoms with van der Waals surface area (Å²) in [5.41, 5.74) is 2.36. The Kier molecular flexibility index (Phi) is 8.92. The second-order valence-electron chi connectivity index (χ2n) is 9.54. The minimum atomic E-state index is -0.463. The third kappa shape index (κ3) is 5.80. The van der Waals surface area contributed by atoms with Crippen LogP contribution in [0.1, 0.15) is 36.8 Å². The maximum Gasteiger partial charge on any atom is 0.284 e. The van der Waals surface area contributed by atoms with Gasteiger partial charge in [0, 0.05) is 60.7 Å². The van der Waals surface area contributed by atoms with Crippen molar-refractivity contribution in [3.8, 4) is 0 Å². The molecule has 1 saturated heterocycles. The summed E-state index contributed by atoms with van der Waals surface area (Å²) in [6, 6.07) is 11.6. The Hall–Kier alpha value is -3.13. The van der Waals surface area contributed by atoms with Crippen molar-refractivity contribution in [2.24, 2.45) is 9.98 Å². The van der Waals surface area contributed by atoms with Gasteiger partial charge >= 0.3 is 0 Å². The number of nitro benzene ring substituents is 1. The van der Waals surface area contributed by atoms with E-state index in [4.69, 9.17) is 16.6 Å². The van der Waals surface area contributed by atoms with Crippen molar-refractivity contribution in [3.05, 3.63) is 80.6 Å².